The van der Waals surface area contributed by atoms with Crippen molar-refractivity contribution in [2.75, 3.05) is 5.32 Å². The fourth-order valence-electron chi connectivity index (χ4n) is 4.57. The first-order chi connectivity index (χ1) is 20.4. The zero-order chi connectivity index (χ0) is 31.6. The lowest BCUT2D eigenvalue weighted by Gasteiger charge is -2.21. The number of pyridine rings is 1. The van der Waals surface area contributed by atoms with E-state index < -0.39 is 29.4 Å². The molecule has 3 aromatic rings. The predicted molar refractivity (Wildman–Crippen MR) is 167 cm³/mol. The van der Waals surface area contributed by atoms with Gasteiger partial charge in [0.05, 0.1) is 5.41 Å². The van der Waals surface area contributed by atoms with Crippen LogP contribution in [0.2, 0.25) is 0 Å². The highest BCUT2D eigenvalue weighted by molar-refractivity contribution is 5.97. The molecule has 3 N–H and O–H groups in total. The van der Waals surface area contributed by atoms with E-state index in [1.807, 2.05) is 30.3 Å². The number of alkyl carbamates (subject to hydrolysis) is 1. The molecule has 1 aromatic heterocycles. The fourth-order valence-corrected chi connectivity index (χ4v) is 4.57. The molecule has 0 spiro atoms. The van der Waals surface area contributed by atoms with Gasteiger partial charge in [-0.05, 0) is 61.4 Å². The molecule has 0 fully saturated rings. The smallest absolute Gasteiger partial charge is 0.408 e. The second-order valence-electron chi connectivity index (χ2n) is 11.8. The minimum absolute atomic E-state index is 0.0271. The van der Waals surface area contributed by atoms with Crippen LogP contribution in [0.1, 0.15) is 69.2 Å². The van der Waals surface area contributed by atoms with Crippen molar-refractivity contribution in [3.63, 3.8) is 0 Å². The number of carboxylic acids is 1. The molecule has 0 unspecified atom stereocenters. The van der Waals surface area contributed by atoms with Crippen molar-refractivity contribution in [1.29, 1.82) is 0 Å². The lowest BCUT2D eigenvalue weighted by atomic mass is 9.84. The summed E-state index contributed by atoms with van der Waals surface area (Å²) in [6, 6.07) is 16.8. The Balaban J connectivity index is 1.80. The molecule has 0 saturated carbocycles. The Kier molecular flexibility index (Phi) is 11.7. The Morgan fingerprint density at radius 2 is 1.63 bits per heavy atom. The molecule has 43 heavy (non-hydrogen) atoms. The molecule has 1 heterocycles. The van der Waals surface area contributed by atoms with E-state index in [9.17, 15) is 24.3 Å². The number of aryl methyl sites for hydroxylation is 2. The van der Waals surface area contributed by atoms with Gasteiger partial charge in [0.2, 0.25) is 5.91 Å². The van der Waals surface area contributed by atoms with Crippen LogP contribution >= 0.6 is 0 Å². The van der Waals surface area contributed by atoms with Crippen molar-refractivity contribution in [2.24, 2.45) is 5.92 Å². The summed E-state index contributed by atoms with van der Waals surface area (Å²) in [6.45, 7) is 9.88. The third-order valence-electron chi connectivity index (χ3n) is 7.52. The van der Waals surface area contributed by atoms with Gasteiger partial charge in [-0.2, -0.15) is 0 Å². The SMILES string of the molecule is Cc1ccn(CCCCC(C)C)c(=O)c1NC(=O)[C@@H](Cc1ccc(C(C)(C)C(=O)O)cc1)NC(=O)OCc1ccccc1. The molecule has 2 aromatic carbocycles. The van der Waals surface area contributed by atoms with E-state index in [1.165, 1.54) is 0 Å². The molecule has 2 amide bonds. The number of benzene rings is 2. The zero-order valence-corrected chi connectivity index (χ0v) is 25.7. The van der Waals surface area contributed by atoms with E-state index in [0.29, 0.717) is 29.2 Å². The molecule has 230 valence electrons. The lowest BCUT2D eigenvalue weighted by molar-refractivity contribution is -0.142. The van der Waals surface area contributed by atoms with Gasteiger partial charge in [-0.25, -0.2) is 4.79 Å². The average molecular weight is 590 g/mol. The largest absolute Gasteiger partial charge is 0.481 e. The Morgan fingerprint density at radius 3 is 2.26 bits per heavy atom. The van der Waals surface area contributed by atoms with Gasteiger partial charge in [0.15, 0.2) is 0 Å². The van der Waals surface area contributed by atoms with Gasteiger partial charge >= 0.3 is 12.1 Å². The summed E-state index contributed by atoms with van der Waals surface area (Å²) in [7, 11) is 0. The minimum Gasteiger partial charge on any atom is -0.481 e. The Morgan fingerprint density at radius 1 is 0.953 bits per heavy atom. The number of carbonyl (C=O) groups is 3. The number of carboxylic acid groups (broad SMARTS) is 1. The molecular formula is C34H43N3O6. The second kappa shape index (κ2) is 15.2. The van der Waals surface area contributed by atoms with Crippen molar-refractivity contribution in [1.82, 2.24) is 9.88 Å². The van der Waals surface area contributed by atoms with E-state index in [4.69, 9.17) is 4.74 Å². The Bertz CT molecular complexity index is 1450. The van der Waals surface area contributed by atoms with Crippen LogP contribution in [0.4, 0.5) is 10.5 Å². The lowest BCUT2D eigenvalue weighted by Crippen LogP contribution is -2.46. The molecular weight excluding hydrogens is 546 g/mol. The monoisotopic (exact) mass is 589 g/mol. The number of hydrogen-bond acceptors (Lipinski definition) is 5. The van der Waals surface area contributed by atoms with Crippen LogP contribution in [0.15, 0.2) is 71.7 Å². The van der Waals surface area contributed by atoms with Crippen LogP contribution < -0.4 is 16.2 Å². The van der Waals surface area contributed by atoms with Gasteiger partial charge in [0, 0.05) is 19.2 Å². The number of nitrogens with one attached hydrogen (secondary N) is 2. The summed E-state index contributed by atoms with van der Waals surface area (Å²) >= 11 is 0. The zero-order valence-electron chi connectivity index (χ0n) is 25.7. The second-order valence-corrected chi connectivity index (χ2v) is 11.8. The van der Waals surface area contributed by atoms with Gasteiger partial charge < -0.3 is 25.0 Å². The van der Waals surface area contributed by atoms with Crippen LogP contribution in [-0.2, 0) is 39.3 Å². The average Bonchev–Trinajstić information content (AvgIpc) is 2.97. The van der Waals surface area contributed by atoms with Crippen LogP contribution in [0.3, 0.4) is 0 Å². The topological polar surface area (TPSA) is 127 Å². The third kappa shape index (κ3) is 9.56. The number of aliphatic carboxylic acids is 1. The standard InChI is InChI=1S/C34H43N3O6/c1-23(2)11-9-10-19-37-20-18-24(3)29(31(37)39)36-30(38)28(35-33(42)43-22-26-12-7-6-8-13-26)21-25-14-16-27(17-15-25)34(4,5)32(40)41/h6-8,12-18,20,23,28H,9-11,19,21-22H2,1-5H3,(H,35,42)(H,36,38)(H,40,41)/t28-/m1/s1. The summed E-state index contributed by atoms with van der Waals surface area (Å²) in [6.07, 6.45) is 3.97. The molecule has 9 nitrogen and oxygen atoms in total. The molecule has 0 aliphatic rings. The third-order valence-corrected chi connectivity index (χ3v) is 7.52. The molecule has 0 radical (unpaired) electrons. The van der Waals surface area contributed by atoms with Gasteiger partial charge in [-0.3, -0.25) is 14.4 Å². The van der Waals surface area contributed by atoms with Crippen LogP contribution in [0.25, 0.3) is 0 Å². The maximum absolute atomic E-state index is 13.6. The summed E-state index contributed by atoms with van der Waals surface area (Å²) in [5.74, 6) is -0.929. The number of aromatic nitrogens is 1. The number of ether oxygens (including phenoxy) is 1. The first-order valence-electron chi connectivity index (χ1n) is 14.7. The van der Waals surface area contributed by atoms with Crippen molar-refractivity contribution in [2.45, 2.75) is 84.9 Å². The Hall–Kier alpha value is -4.40. The number of amides is 2. The highest BCUT2D eigenvalue weighted by Crippen LogP contribution is 2.24. The summed E-state index contributed by atoms with van der Waals surface area (Å²) in [5, 5.41) is 15.0. The number of unbranched alkanes of at least 4 members (excludes halogenated alkanes) is 1. The number of rotatable bonds is 14. The van der Waals surface area contributed by atoms with Gasteiger partial charge in [0.1, 0.15) is 18.3 Å². The van der Waals surface area contributed by atoms with E-state index in [2.05, 4.69) is 24.5 Å². The van der Waals surface area contributed by atoms with Crippen LogP contribution in [0.5, 0.6) is 0 Å². The van der Waals surface area contributed by atoms with Crippen LogP contribution in [0, 0.1) is 12.8 Å². The molecule has 0 aliphatic heterocycles. The molecule has 9 heteroatoms. The van der Waals surface area contributed by atoms with Crippen molar-refractivity contribution >= 4 is 23.7 Å². The number of hydrogen-bond donors (Lipinski definition) is 3. The number of nitrogens with zero attached hydrogens (tertiary/aromatic N) is 1. The highest BCUT2D eigenvalue weighted by Gasteiger charge is 2.30. The van der Waals surface area contributed by atoms with Gasteiger partial charge in [0.25, 0.3) is 5.56 Å². The van der Waals surface area contributed by atoms with E-state index >= 15 is 0 Å². The van der Waals surface area contributed by atoms with E-state index in [1.54, 1.807) is 61.9 Å². The summed E-state index contributed by atoms with van der Waals surface area (Å²) < 4.78 is 6.96. The Labute approximate surface area is 253 Å². The molecule has 0 aliphatic carbocycles. The number of anilines is 1. The quantitative estimate of drug-likeness (QED) is 0.203. The van der Waals surface area contributed by atoms with Gasteiger partial charge in [-0.15, -0.1) is 0 Å². The normalized spacial score (nSPS) is 12.0. The fraction of sp³-hybridized carbons (Fsp3) is 0.412. The molecule has 0 bridgehead atoms. The first kappa shape index (κ1) is 33.1. The maximum Gasteiger partial charge on any atom is 0.408 e. The molecule has 0 saturated heterocycles. The van der Waals surface area contributed by atoms with E-state index in [0.717, 1.165) is 24.8 Å². The summed E-state index contributed by atoms with van der Waals surface area (Å²) in [4.78, 5) is 51.3. The van der Waals surface area contributed by atoms with Crippen molar-refractivity contribution in [3.05, 3.63) is 99.5 Å². The first-order valence-corrected chi connectivity index (χ1v) is 14.7. The maximum atomic E-state index is 13.6. The van der Waals surface area contributed by atoms with E-state index in [-0.39, 0.29) is 24.3 Å². The van der Waals surface area contributed by atoms with Gasteiger partial charge in [-0.1, -0.05) is 81.3 Å². The summed E-state index contributed by atoms with van der Waals surface area (Å²) in [5.41, 5.74) is 1.48. The van der Waals surface area contributed by atoms with Crippen molar-refractivity contribution < 1.29 is 24.2 Å². The van der Waals surface area contributed by atoms with Crippen molar-refractivity contribution in [3.8, 4) is 0 Å². The van der Waals surface area contributed by atoms with Crippen LogP contribution in [-0.4, -0.2) is 33.7 Å². The molecule has 1 atom stereocenters. The number of carbonyl (C=O) groups excluding carboxylic acids is 2. The highest BCUT2D eigenvalue weighted by atomic mass is 16.5. The molecule has 3 rings (SSSR count). The minimum atomic E-state index is -1.09. The predicted octanol–water partition coefficient (Wildman–Crippen LogP) is 5.82.